The van der Waals surface area contributed by atoms with Crippen molar-refractivity contribution in [1.82, 2.24) is 0 Å². The maximum atomic E-state index is 11.0. The van der Waals surface area contributed by atoms with Crippen molar-refractivity contribution in [3.63, 3.8) is 0 Å². The summed E-state index contributed by atoms with van der Waals surface area (Å²) in [5.41, 5.74) is -0.996. The van der Waals surface area contributed by atoms with E-state index < -0.39 is 22.1 Å². The molecule has 1 aromatic rings. The van der Waals surface area contributed by atoms with Crippen molar-refractivity contribution in [1.29, 1.82) is 0 Å². The first-order chi connectivity index (χ1) is 8.47. The van der Waals surface area contributed by atoms with Gasteiger partial charge in [-0.15, -0.1) is 0 Å². The van der Waals surface area contributed by atoms with Gasteiger partial charge in [0.25, 0.3) is 5.69 Å². The lowest BCUT2D eigenvalue weighted by Crippen LogP contribution is -2.14. The number of benzene rings is 1. The Morgan fingerprint density at radius 3 is 2.72 bits per heavy atom. The van der Waals surface area contributed by atoms with Crippen molar-refractivity contribution in [2.45, 2.75) is 6.92 Å². The minimum Gasteiger partial charge on any atom is -0.492 e. The van der Waals surface area contributed by atoms with Crippen LogP contribution in [0.1, 0.15) is 17.3 Å². The Hall–Kier alpha value is -2.15. The van der Waals surface area contributed by atoms with Crippen LogP contribution in [0.5, 0.6) is 5.75 Å². The van der Waals surface area contributed by atoms with Gasteiger partial charge in [0, 0.05) is 18.6 Å². The molecule has 1 aromatic carbocycles. The molecule has 18 heavy (non-hydrogen) atoms. The highest BCUT2D eigenvalue weighted by atomic mass is 16.6. The number of carbonyl (C=O) groups is 1. The number of nitrogens with zero attached hydrogens (tertiary/aromatic N) is 1. The fourth-order valence-electron chi connectivity index (χ4n) is 1.29. The van der Waals surface area contributed by atoms with Crippen molar-refractivity contribution in [3.8, 4) is 5.75 Å². The molecular formula is C11H13NO6. The second-order valence-electron chi connectivity index (χ2n) is 3.81. The monoisotopic (exact) mass is 255 g/mol. The number of hydrogen-bond donors (Lipinski definition) is 2. The number of rotatable bonds is 6. The minimum atomic E-state index is -1.42. The number of hydrogen-bond acceptors (Lipinski definition) is 5. The van der Waals surface area contributed by atoms with Crippen molar-refractivity contribution >= 4 is 11.7 Å². The standard InChI is InChI=1S/C11H13NO6/c1-7(5-13)6-18-9-4-2-3-8(12(16)17)10(9)11(14)15/h2-4,7,13H,5-6H2,1H3,(H,14,15). The van der Waals surface area contributed by atoms with Crippen LogP contribution in [0.25, 0.3) is 0 Å². The van der Waals surface area contributed by atoms with Crippen LogP contribution in [0.2, 0.25) is 0 Å². The largest absolute Gasteiger partial charge is 0.492 e. The molecule has 0 saturated carbocycles. The number of nitro benzene ring substituents is 1. The lowest BCUT2D eigenvalue weighted by atomic mass is 10.1. The van der Waals surface area contributed by atoms with E-state index in [0.29, 0.717) is 0 Å². The maximum absolute atomic E-state index is 11.0. The third kappa shape index (κ3) is 3.17. The van der Waals surface area contributed by atoms with E-state index in [1.807, 2.05) is 0 Å². The molecule has 2 N–H and O–H groups in total. The zero-order chi connectivity index (χ0) is 13.7. The highest BCUT2D eigenvalue weighted by molar-refractivity contribution is 5.95. The van der Waals surface area contributed by atoms with E-state index in [9.17, 15) is 14.9 Å². The summed E-state index contributed by atoms with van der Waals surface area (Å²) in [6.07, 6.45) is 0. The Kier molecular flexibility index (Phi) is 4.61. The fourth-order valence-corrected chi connectivity index (χ4v) is 1.29. The molecule has 0 bridgehead atoms. The SMILES string of the molecule is CC(CO)COc1cccc([N+](=O)[O-])c1C(=O)O. The van der Waals surface area contributed by atoms with Gasteiger partial charge >= 0.3 is 5.97 Å². The van der Waals surface area contributed by atoms with Crippen molar-refractivity contribution in [3.05, 3.63) is 33.9 Å². The first-order valence-corrected chi connectivity index (χ1v) is 5.21. The molecule has 0 aliphatic rings. The smallest absolute Gasteiger partial charge is 0.346 e. The number of aliphatic hydroxyl groups excluding tert-OH is 1. The van der Waals surface area contributed by atoms with E-state index in [0.717, 1.165) is 6.07 Å². The third-order valence-corrected chi connectivity index (χ3v) is 2.25. The second-order valence-corrected chi connectivity index (χ2v) is 3.81. The van der Waals surface area contributed by atoms with Crippen molar-refractivity contribution < 1.29 is 24.7 Å². The van der Waals surface area contributed by atoms with Gasteiger partial charge in [0.15, 0.2) is 5.56 Å². The average Bonchev–Trinajstić information content (AvgIpc) is 2.34. The lowest BCUT2D eigenvalue weighted by molar-refractivity contribution is -0.385. The van der Waals surface area contributed by atoms with Gasteiger partial charge in [-0.2, -0.15) is 0 Å². The number of carboxylic acids is 1. The molecular weight excluding hydrogens is 242 g/mol. The summed E-state index contributed by atoms with van der Waals surface area (Å²) >= 11 is 0. The first-order valence-electron chi connectivity index (χ1n) is 5.21. The van der Waals surface area contributed by atoms with Crippen LogP contribution in [-0.2, 0) is 0 Å². The number of ether oxygens (including phenoxy) is 1. The number of aromatic carboxylic acids is 1. The summed E-state index contributed by atoms with van der Waals surface area (Å²) in [6.45, 7) is 1.67. The van der Waals surface area contributed by atoms with Gasteiger partial charge in [-0.25, -0.2) is 4.79 Å². The molecule has 1 rings (SSSR count). The Balaban J connectivity index is 3.07. The van der Waals surface area contributed by atoms with Crippen LogP contribution in [0.3, 0.4) is 0 Å². The van der Waals surface area contributed by atoms with Crippen LogP contribution in [0.15, 0.2) is 18.2 Å². The summed E-state index contributed by atoms with van der Waals surface area (Å²) in [5, 5.41) is 28.5. The number of aliphatic hydroxyl groups is 1. The normalized spacial score (nSPS) is 11.9. The van der Waals surface area contributed by atoms with Gasteiger partial charge in [0.05, 0.1) is 11.5 Å². The summed E-state index contributed by atoms with van der Waals surface area (Å²) < 4.78 is 5.20. The quantitative estimate of drug-likeness (QED) is 0.585. The van der Waals surface area contributed by atoms with Gasteiger partial charge in [0.2, 0.25) is 0 Å². The number of carboxylic acid groups (broad SMARTS) is 1. The molecule has 0 aliphatic carbocycles. The topological polar surface area (TPSA) is 110 Å². The Bertz CT molecular complexity index is 459. The molecule has 0 amide bonds. The molecule has 1 atom stereocenters. The predicted molar refractivity (Wildman–Crippen MR) is 61.8 cm³/mol. The van der Waals surface area contributed by atoms with Crippen molar-refractivity contribution in [2.24, 2.45) is 5.92 Å². The highest BCUT2D eigenvalue weighted by Crippen LogP contribution is 2.28. The van der Waals surface area contributed by atoms with Crippen molar-refractivity contribution in [2.75, 3.05) is 13.2 Å². The summed E-state index contributed by atoms with van der Waals surface area (Å²) in [7, 11) is 0. The Morgan fingerprint density at radius 2 is 2.22 bits per heavy atom. The second kappa shape index (κ2) is 5.97. The lowest BCUT2D eigenvalue weighted by Gasteiger charge is -2.12. The summed E-state index contributed by atoms with van der Waals surface area (Å²) in [4.78, 5) is 21.0. The highest BCUT2D eigenvalue weighted by Gasteiger charge is 2.24. The van der Waals surface area contributed by atoms with Crippen LogP contribution < -0.4 is 4.74 Å². The minimum absolute atomic E-state index is 0.0722. The van der Waals surface area contributed by atoms with Gasteiger partial charge in [-0.3, -0.25) is 10.1 Å². The van der Waals surface area contributed by atoms with E-state index in [1.54, 1.807) is 6.92 Å². The van der Waals surface area contributed by atoms with E-state index in [2.05, 4.69) is 0 Å². The molecule has 0 heterocycles. The molecule has 0 fully saturated rings. The van der Waals surface area contributed by atoms with Crippen LogP contribution in [0, 0.1) is 16.0 Å². The summed E-state index contributed by atoms with van der Waals surface area (Å²) in [5.74, 6) is -1.68. The van der Waals surface area contributed by atoms with Crippen LogP contribution >= 0.6 is 0 Å². The molecule has 0 aliphatic heterocycles. The van der Waals surface area contributed by atoms with Crippen LogP contribution in [0.4, 0.5) is 5.69 Å². The first kappa shape index (κ1) is 13.9. The molecule has 98 valence electrons. The van der Waals surface area contributed by atoms with Crippen LogP contribution in [-0.4, -0.2) is 34.3 Å². The third-order valence-electron chi connectivity index (χ3n) is 2.25. The number of nitro groups is 1. The van der Waals surface area contributed by atoms with Gasteiger partial charge in [-0.1, -0.05) is 13.0 Å². The molecule has 7 heteroatoms. The molecule has 0 radical (unpaired) electrons. The van der Waals surface area contributed by atoms with Gasteiger partial charge < -0.3 is 14.9 Å². The fraction of sp³-hybridized carbons (Fsp3) is 0.364. The van der Waals surface area contributed by atoms with E-state index in [1.165, 1.54) is 12.1 Å². The summed E-state index contributed by atoms with van der Waals surface area (Å²) in [6, 6.07) is 3.80. The van der Waals surface area contributed by atoms with E-state index >= 15 is 0 Å². The predicted octanol–water partition coefficient (Wildman–Crippen LogP) is 1.30. The van der Waals surface area contributed by atoms with E-state index in [-0.39, 0.29) is 24.9 Å². The zero-order valence-electron chi connectivity index (χ0n) is 9.70. The molecule has 1 unspecified atom stereocenters. The molecule has 0 saturated heterocycles. The average molecular weight is 255 g/mol. The maximum Gasteiger partial charge on any atom is 0.346 e. The van der Waals surface area contributed by atoms with Gasteiger partial charge in [-0.05, 0) is 6.07 Å². The Morgan fingerprint density at radius 1 is 1.56 bits per heavy atom. The molecule has 0 aromatic heterocycles. The van der Waals surface area contributed by atoms with E-state index in [4.69, 9.17) is 14.9 Å². The zero-order valence-corrected chi connectivity index (χ0v) is 9.70. The molecule has 0 spiro atoms. The van der Waals surface area contributed by atoms with Gasteiger partial charge in [0.1, 0.15) is 5.75 Å². The molecule has 7 nitrogen and oxygen atoms in total. The Labute approximate surface area is 103 Å².